The van der Waals surface area contributed by atoms with Gasteiger partial charge >= 0.3 is 11.9 Å². The number of hydrogen-bond acceptors (Lipinski definition) is 4. The van der Waals surface area contributed by atoms with Gasteiger partial charge in [0.15, 0.2) is 23.3 Å². The molecule has 0 saturated heterocycles. The van der Waals surface area contributed by atoms with Crippen molar-refractivity contribution in [2.75, 3.05) is 6.61 Å². The summed E-state index contributed by atoms with van der Waals surface area (Å²) in [5.41, 5.74) is -1.17. The Labute approximate surface area is 204 Å². The minimum atomic E-state index is -2.25. The molecule has 9 heteroatoms. The van der Waals surface area contributed by atoms with Crippen LogP contribution in [0.1, 0.15) is 109 Å². The fourth-order valence-corrected chi connectivity index (χ4v) is 3.57. The van der Waals surface area contributed by atoms with Crippen molar-refractivity contribution in [3.05, 3.63) is 34.6 Å². The Morgan fingerprint density at radius 3 is 1.46 bits per heavy atom. The molecule has 1 aromatic rings. The molecule has 0 aliphatic heterocycles. The normalized spacial score (nSPS) is 11.0. The average molecular weight is 509 g/mol. The number of ether oxygens (including phenoxy) is 2. The van der Waals surface area contributed by atoms with Crippen LogP contribution >= 0.6 is 0 Å². The van der Waals surface area contributed by atoms with E-state index in [0.29, 0.717) is 25.9 Å². The van der Waals surface area contributed by atoms with E-state index < -0.39 is 47.2 Å². The van der Waals surface area contributed by atoms with E-state index in [1.807, 2.05) is 0 Å². The molecule has 0 radical (unpaired) electrons. The lowest BCUT2D eigenvalue weighted by molar-refractivity contribution is -0.145. The van der Waals surface area contributed by atoms with Gasteiger partial charge in [-0.2, -0.15) is 0 Å². The molecule has 0 fully saturated rings. The molecule has 35 heavy (non-hydrogen) atoms. The van der Waals surface area contributed by atoms with Crippen LogP contribution in [-0.4, -0.2) is 18.5 Å². The van der Waals surface area contributed by atoms with E-state index in [4.69, 9.17) is 4.74 Å². The molecule has 0 bridgehead atoms. The number of rotatable bonds is 19. The zero-order chi connectivity index (χ0) is 26.1. The molecular formula is C26H37F5O4. The van der Waals surface area contributed by atoms with E-state index in [2.05, 4.69) is 11.7 Å². The Balaban J connectivity index is 2.02. The quantitative estimate of drug-likeness (QED) is 0.0628. The number of halogens is 5. The standard InChI is InChI=1S/C26H37F5O4/c1-2-3-4-5-8-11-14-17-34-20(32)15-12-9-6-7-10-13-16-21(33)35-18-19-22(27)24(29)26(31)25(30)23(19)28/h2-18H2,1H3. The van der Waals surface area contributed by atoms with E-state index in [1.54, 1.807) is 0 Å². The van der Waals surface area contributed by atoms with Crippen LogP contribution in [0.15, 0.2) is 0 Å². The highest BCUT2D eigenvalue weighted by atomic mass is 19.2. The zero-order valence-electron chi connectivity index (χ0n) is 20.5. The Bertz CT molecular complexity index is 756. The van der Waals surface area contributed by atoms with Crippen LogP contribution in [0, 0.1) is 29.1 Å². The minimum absolute atomic E-state index is 0.0275. The smallest absolute Gasteiger partial charge is 0.306 e. The Kier molecular flexibility index (Phi) is 16.0. The van der Waals surface area contributed by atoms with E-state index in [1.165, 1.54) is 32.1 Å². The Hall–Kier alpha value is -2.19. The van der Waals surface area contributed by atoms with Gasteiger partial charge in [-0.25, -0.2) is 22.0 Å². The van der Waals surface area contributed by atoms with E-state index in [0.717, 1.165) is 38.5 Å². The SMILES string of the molecule is CCCCCCCCCOC(=O)CCCCCCCCC(=O)OCc1c(F)c(F)c(F)c(F)c1F. The number of benzene rings is 1. The highest BCUT2D eigenvalue weighted by molar-refractivity contribution is 5.69. The van der Waals surface area contributed by atoms with E-state index in [9.17, 15) is 31.5 Å². The molecule has 0 N–H and O–H groups in total. The predicted molar refractivity (Wildman–Crippen MR) is 122 cm³/mol. The van der Waals surface area contributed by atoms with E-state index >= 15 is 0 Å². The first-order valence-corrected chi connectivity index (χ1v) is 12.6. The lowest BCUT2D eigenvalue weighted by Crippen LogP contribution is -2.11. The molecule has 1 aromatic carbocycles. The molecule has 0 unspecified atom stereocenters. The third kappa shape index (κ3) is 12.4. The van der Waals surface area contributed by atoms with Gasteiger partial charge in [0.2, 0.25) is 5.82 Å². The summed E-state index contributed by atoms with van der Waals surface area (Å²) < 4.78 is 76.3. The molecule has 0 saturated carbocycles. The first-order valence-electron chi connectivity index (χ1n) is 12.6. The van der Waals surface area contributed by atoms with Gasteiger partial charge < -0.3 is 9.47 Å². The van der Waals surface area contributed by atoms with Crippen LogP contribution in [-0.2, 0) is 25.7 Å². The minimum Gasteiger partial charge on any atom is -0.466 e. The predicted octanol–water partition coefficient (Wildman–Crippen LogP) is 7.84. The van der Waals surface area contributed by atoms with Crippen molar-refractivity contribution in [3.63, 3.8) is 0 Å². The van der Waals surface area contributed by atoms with Crippen molar-refractivity contribution in [1.29, 1.82) is 0 Å². The number of esters is 2. The van der Waals surface area contributed by atoms with Crippen molar-refractivity contribution in [3.8, 4) is 0 Å². The van der Waals surface area contributed by atoms with Crippen LogP contribution in [0.2, 0.25) is 0 Å². The van der Waals surface area contributed by atoms with Gasteiger partial charge in [0, 0.05) is 12.8 Å². The fraction of sp³-hybridized carbons (Fsp3) is 0.692. The molecule has 0 atom stereocenters. The van der Waals surface area contributed by atoms with Gasteiger partial charge in [-0.15, -0.1) is 0 Å². The molecule has 0 heterocycles. The monoisotopic (exact) mass is 508 g/mol. The maximum Gasteiger partial charge on any atom is 0.306 e. The number of carbonyl (C=O) groups excluding carboxylic acids is 2. The fourth-order valence-electron chi connectivity index (χ4n) is 3.57. The largest absolute Gasteiger partial charge is 0.466 e. The van der Waals surface area contributed by atoms with Gasteiger partial charge in [0.25, 0.3) is 0 Å². The van der Waals surface area contributed by atoms with Crippen LogP contribution in [0.3, 0.4) is 0 Å². The van der Waals surface area contributed by atoms with Crippen LogP contribution in [0.4, 0.5) is 22.0 Å². The lowest BCUT2D eigenvalue weighted by Gasteiger charge is -2.09. The van der Waals surface area contributed by atoms with Crippen LogP contribution in [0.25, 0.3) is 0 Å². The first kappa shape index (κ1) is 30.8. The topological polar surface area (TPSA) is 52.6 Å². The molecule has 0 aromatic heterocycles. The van der Waals surface area contributed by atoms with Gasteiger partial charge in [-0.3, -0.25) is 9.59 Å². The first-order chi connectivity index (χ1) is 16.8. The third-order valence-corrected chi connectivity index (χ3v) is 5.70. The summed E-state index contributed by atoms with van der Waals surface area (Å²) in [5.74, 6) is -11.4. The molecule has 0 spiro atoms. The summed E-state index contributed by atoms with van der Waals surface area (Å²) in [5, 5.41) is 0. The summed E-state index contributed by atoms with van der Waals surface area (Å²) in [6.07, 6.45) is 13.0. The molecule has 1 rings (SSSR count). The van der Waals surface area contributed by atoms with Gasteiger partial charge in [-0.1, -0.05) is 71.1 Å². The Morgan fingerprint density at radius 1 is 0.543 bits per heavy atom. The molecular weight excluding hydrogens is 471 g/mol. The van der Waals surface area contributed by atoms with Crippen molar-refractivity contribution < 1.29 is 41.0 Å². The highest BCUT2D eigenvalue weighted by Crippen LogP contribution is 2.23. The maximum absolute atomic E-state index is 13.6. The number of carbonyl (C=O) groups is 2. The molecule has 0 amide bonds. The third-order valence-electron chi connectivity index (χ3n) is 5.70. The Morgan fingerprint density at radius 2 is 0.943 bits per heavy atom. The summed E-state index contributed by atoms with van der Waals surface area (Å²) in [4.78, 5) is 23.4. The summed E-state index contributed by atoms with van der Waals surface area (Å²) in [6.45, 7) is 1.64. The van der Waals surface area contributed by atoms with Crippen LogP contribution in [0.5, 0.6) is 0 Å². The summed E-state index contributed by atoms with van der Waals surface area (Å²) in [6, 6.07) is 0. The number of unbranched alkanes of at least 4 members (excludes halogenated alkanes) is 11. The van der Waals surface area contributed by atoms with Crippen molar-refractivity contribution in [2.45, 2.75) is 110 Å². The zero-order valence-corrected chi connectivity index (χ0v) is 20.5. The number of hydrogen-bond donors (Lipinski definition) is 0. The van der Waals surface area contributed by atoms with E-state index in [-0.39, 0.29) is 12.4 Å². The van der Waals surface area contributed by atoms with Crippen LogP contribution < -0.4 is 0 Å². The van der Waals surface area contributed by atoms with Crippen molar-refractivity contribution >= 4 is 11.9 Å². The molecule has 4 nitrogen and oxygen atoms in total. The van der Waals surface area contributed by atoms with Crippen molar-refractivity contribution in [1.82, 2.24) is 0 Å². The van der Waals surface area contributed by atoms with Gasteiger partial charge in [0.05, 0.1) is 12.2 Å². The maximum atomic E-state index is 13.6. The second-order valence-electron chi connectivity index (χ2n) is 8.67. The van der Waals surface area contributed by atoms with Gasteiger partial charge in [-0.05, 0) is 19.3 Å². The average Bonchev–Trinajstić information content (AvgIpc) is 2.84. The molecule has 200 valence electrons. The second-order valence-corrected chi connectivity index (χ2v) is 8.67. The summed E-state index contributed by atoms with van der Waals surface area (Å²) >= 11 is 0. The summed E-state index contributed by atoms with van der Waals surface area (Å²) in [7, 11) is 0. The highest BCUT2D eigenvalue weighted by Gasteiger charge is 2.26. The second kappa shape index (κ2) is 18.1. The van der Waals surface area contributed by atoms with Crippen molar-refractivity contribution in [2.24, 2.45) is 0 Å². The molecule has 0 aliphatic carbocycles. The lowest BCUT2D eigenvalue weighted by atomic mass is 10.1. The molecule has 0 aliphatic rings. The van der Waals surface area contributed by atoms with Gasteiger partial charge in [0.1, 0.15) is 6.61 Å².